The average Bonchev–Trinajstić information content (AvgIpc) is 3.10. The van der Waals surface area contributed by atoms with Crippen molar-refractivity contribution in [1.29, 1.82) is 0 Å². The summed E-state index contributed by atoms with van der Waals surface area (Å²) in [7, 11) is 0. The quantitative estimate of drug-likeness (QED) is 0.284. The zero-order valence-corrected chi connectivity index (χ0v) is 17.0. The van der Waals surface area contributed by atoms with E-state index < -0.39 is 5.97 Å². The van der Waals surface area contributed by atoms with Crippen LogP contribution < -0.4 is 0 Å². The van der Waals surface area contributed by atoms with Gasteiger partial charge in [-0.1, -0.05) is 17.7 Å². The molecule has 4 aromatic rings. The Morgan fingerprint density at radius 3 is 2.79 bits per heavy atom. The topological polar surface area (TPSA) is 82.3 Å². The Morgan fingerprint density at radius 2 is 2.00 bits per heavy atom. The number of carbonyl (C=O) groups is 1. The van der Waals surface area contributed by atoms with Crippen LogP contribution in [0.25, 0.3) is 16.7 Å². The lowest BCUT2D eigenvalue weighted by Gasteiger charge is -2.07. The van der Waals surface area contributed by atoms with E-state index in [1.165, 1.54) is 4.52 Å². The second-order valence-electron chi connectivity index (χ2n) is 6.26. The first-order chi connectivity index (χ1) is 13.4. The maximum Gasteiger partial charge on any atom is 0.378 e. The van der Waals surface area contributed by atoms with Gasteiger partial charge in [-0.25, -0.2) is 19.3 Å². The normalized spacial score (nSPS) is 11.3. The number of hydrogen-bond acceptors (Lipinski definition) is 7. The first-order valence-corrected chi connectivity index (χ1v) is 10.1. The van der Waals surface area contributed by atoms with Crippen molar-refractivity contribution in [2.24, 2.45) is 0 Å². The summed E-state index contributed by atoms with van der Waals surface area (Å²) in [5.41, 5.74) is 3.05. The molecular weight excluding hydrogens is 398 g/mol. The smallest absolute Gasteiger partial charge is 0.378 e. The molecule has 0 saturated heterocycles. The molecule has 1 aromatic carbocycles. The molecular formula is C19H16ClN5O2S. The van der Waals surface area contributed by atoms with Crippen molar-refractivity contribution in [2.75, 3.05) is 6.26 Å². The van der Waals surface area contributed by atoms with Crippen molar-refractivity contribution in [3.05, 3.63) is 58.3 Å². The second-order valence-corrected chi connectivity index (χ2v) is 7.50. The molecule has 28 heavy (non-hydrogen) atoms. The molecule has 0 bridgehead atoms. The summed E-state index contributed by atoms with van der Waals surface area (Å²) in [6, 6.07) is 9.68. The number of aromatic nitrogens is 5. The van der Waals surface area contributed by atoms with Crippen LogP contribution >= 0.6 is 23.4 Å². The number of ether oxygens (including phenoxy) is 1. The van der Waals surface area contributed by atoms with Crippen LogP contribution in [0.3, 0.4) is 0 Å². The molecule has 142 valence electrons. The number of nitrogens with zero attached hydrogens (tertiary/aromatic N) is 5. The average molecular weight is 414 g/mol. The molecule has 0 N–H and O–H groups in total. The van der Waals surface area contributed by atoms with Crippen molar-refractivity contribution < 1.29 is 9.53 Å². The molecule has 0 aliphatic rings. The minimum absolute atomic E-state index is 0.0219. The van der Waals surface area contributed by atoms with Crippen molar-refractivity contribution >= 4 is 46.0 Å². The van der Waals surface area contributed by atoms with E-state index in [9.17, 15) is 4.79 Å². The molecule has 9 heteroatoms. The summed E-state index contributed by atoms with van der Waals surface area (Å²) < 4.78 is 6.87. The van der Waals surface area contributed by atoms with Gasteiger partial charge in [0.05, 0.1) is 5.52 Å². The van der Waals surface area contributed by atoms with Crippen LogP contribution in [0, 0.1) is 13.8 Å². The predicted octanol–water partition coefficient (Wildman–Crippen LogP) is 4.02. The first kappa shape index (κ1) is 18.6. The van der Waals surface area contributed by atoms with Crippen LogP contribution in [0.2, 0.25) is 5.15 Å². The lowest BCUT2D eigenvalue weighted by atomic mass is 10.2. The van der Waals surface area contributed by atoms with Gasteiger partial charge in [0.2, 0.25) is 0 Å². The highest BCUT2D eigenvalue weighted by Gasteiger charge is 2.17. The van der Waals surface area contributed by atoms with E-state index in [1.807, 2.05) is 50.4 Å². The van der Waals surface area contributed by atoms with Crippen LogP contribution in [0.5, 0.6) is 0 Å². The summed E-state index contributed by atoms with van der Waals surface area (Å²) in [4.78, 5) is 26.3. The fourth-order valence-corrected chi connectivity index (χ4v) is 3.49. The summed E-state index contributed by atoms with van der Waals surface area (Å²) >= 11 is 7.91. The third kappa shape index (κ3) is 3.53. The minimum atomic E-state index is -0.642. The van der Waals surface area contributed by atoms with Gasteiger partial charge in [0.25, 0.3) is 11.6 Å². The van der Waals surface area contributed by atoms with E-state index in [4.69, 9.17) is 16.3 Å². The zero-order chi connectivity index (χ0) is 19.8. The minimum Gasteiger partial charge on any atom is -0.455 e. The molecule has 0 unspecified atom stereocenters. The highest BCUT2D eigenvalue weighted by atomic mass is 35.5. The lowest BCUT2D eigenvalue weighted by molar-refractivity contribution is 0.0458. The predicted molar refractivity (Wildman–Crippen MR) is 108 cm³/mol. The van der Waals surface area contributed by atoms with E-state index in [1.54, 1.807) is 11.8 Å². The number of halogens is 1. The number of esters is 1. The van der Waals surface area contributed by atoms with Gasteiger partial charge in [0.15, 0.2) is 0 Å². The van der Waals surface area contributed by atoms with Crippen molar-refractivity contribution in [3.63, 3.8) is 0 Å². The van der Waals surface area contributed by atoms with Crippen molar-refractivity contribution in [1.82, 2.24) is 24.6 Å². The van der Waals surface area contributed by atoms with Gasteiger partial charge < -0.3 is 4.74 Å². The Labute approximate surface area is 170 Å². The summed E-state index contributed by atoms with van der Waals surface area (Å²) in [6.07, 6.45) is 2.00. The molecule has 0 atom stereocenters. The van der Waals surface area contributed by atoms with Gasteiger partial charge in [-0.3, -0.25) is 0 Å². The highest BCUT2D eigenvalue weighted by Crippen LogP contribution is 2.25. The van der Waals surface area contributed by atoms with Crippen LogP contribution in [-0.2, 0) is 11.3 Å². The number of carbonyl (C=O) groups excluding carboxylic acids is 1. The SMILES string of the molecule is CSc1ccc2cc(COC(=O)c3nc4nc(C)cc(C)n4n3)c(Cl)nc2c1. The highest BCUT2D eigenvalue weighted by molar-refractivity contribution is 7.98. The molecule has 0 saturated carbocycles. The van der Waals surface area contributed by atoms with Crippen LogP contribution in [0.1, 0.15) is 27.6 Å². The fraction of sp³-hybridized carbons (Fsp3) is 0.211. The van der Waals surface area contributed by atoms with Gasteiger partial charge in [-0.15, -0.1) is 16.9 Å². The second kappa shape index (κ2) is 7.37. The lowest BCUT2D eigenvalue weighted by Crippen LogP contribution is -2.08. The molecule has 4 rings (SSSR count). The van der Waals surface area contributed by atoms with Gasteiger partial charge in [0, 0.05) is 27.2 Å². The van der Waals surface area contributed by atoms with E-state index in [2.05, 4.69) is 20.1 Å². The van der Waals surface area contributed by atoms with Gasteiger partial charge >= 0.3 is 5.97 Å². The number of aryl methyl sites for hydroxylation is 2. The summed E-state index contributed by atoms with van der Waals surface area (Å²) in [5, 5.41) is 5.40. The van der Waals surface area contributed by atoms with E-state index in [0.717, 1.165) is 27.2 Å². The Bertz CT molecular complexity index is 1220. The molecule has 7 nitrogen and oxygen atoms in total. The third-order valence-corrected chi connectivity index (χ3v) is 5.26. The molecule has 0 aliphatic carbocycles. The Balaban J connectivity index is 1.56. The van der Waals surface area contributed by atoms with E-state index in [0.29, 0.717) is 16.5 Å². The Hall–Kier alpha value is -2.71. The first-order valence-electron chi connectivity index (χ1n) is 8.46. The van der Waals surface area contributed by atoms with E-state index in [-0.39, 0.29) is 12.4 Å². The van der Waals surface area contributed by atoms with Crippen molar-refractivity contribution in [3.8, 4) is 0 Å². The Kier molecular flexibility index (Phi) is 4.91. The van der Waals surface area contributed by atoms with Crippen molar-refractivity contribution in [2.45, 2.75) is 25.3 Å². The summed E-state index contributed by atoms with van der Waals surface area (Å²) in [5.74, 6) is -0.327. The molecule has 0 radical (unpaired) electrons. The molecule has 0 fully saturated rings. The molecule has 0 aliphatic heterocycles. The number of thioether (sulfide) groups is 1. The standard InChI is InChI=1S/C19H16ClN5O2S/c1-10-6-11(2)25-19(21-10)23-17(24-25)18(26)27-9-13-7-12-4-5-14(28-3)8-15(12)22-16(13)20/h4-8H,9H2,1-3H3. The van der Waals surface area contributed by atoms with Gasteiger partial charge in [0.1, 0.15) is 11.8 Å². The molecule has 3 aromatic heterocycles. The maximum atomic E-state index is 12.4. The van der Waals surface area contributed by atoms with Crippen LogP contribution in [0.4, 0.5) is 0 Å². The number of hydrogen-bond donors (Lipinski definition) is 0. The van der Waals surface area contributed by atoms with Gasteiger partial charge in [-0.05, 0) is 44.4 Å². The van der Waals surface area contributed by atoms with Gasteiger partial charge in [-0.2, -0.15) is 4.98 Å². The number of fused-ring (bicyclic) bond motifs is 2. The molecule has 0 amide bonds. The Morgan fingerprint density at radius 1 is 1.18 bits per heavy atom. The summed E-state index contributed by atoms with van der Waals surface area (Å²) in [6.45, 7) is 3.71. The molecule has 0 spiro atoms. The zero-order valence-electron chi connectivity index (χ0n) is 15.4. The monoisotopic (exact) mass is 413 g/mol. The number of pyridine rings is 1. The number of rotatable bonds is 4. The molecule has 3 heterocycles. The van der Waals surface area contributed by atoms with E-state index >= 15 is 0 Å². The fourth-order valence-electron chi connectivity index (χ4n) is 2.86. The van der Waals surface area contributed by atoms with Crippen LogP contribution in [-0.4, -0.2) is 36.8 Å². The largest absolute Gasteiger partial charge is 0.455 e. The number of benzene rings is 1. The third-order valence-electron chi connectivity index (χ3n) is 4.21. The van der Waals surface area contributed by atoms with Crippen LogP contribution in [0.15, 0.2) is 35.2 Å². The maximum absolute atomic E-state index is 12.4.